The van der Waals surface area contributed by atoms with E-state index in [4.69, 9.17) is 0 Å². The maximum Gasteiger partial charge on any atom is 0.0992 e. The molecule has 0 radical (unpaired) electrons. The number of pyridine rings is 1. The van der Waals surface area contributed by atoms with Crippen LogP contribution in [-0.2, 0) is 0 Å². The molecular weight excluding hydrogens is 136 g/mol. The summed E-state index contributed by atoms with van der Waals surface area (Å²) < 4.78 is 2.05. The highest BCUT2D eigenvalue weighted by atomic mass is 15.0. The van der Waals surface area contributed by atoms with Gasteiger partial charge in [0, 0.05) is 6.20 Å². The van der Waals surface area contributed by atoms with E-state index in [2.05, 4.69) is 31.1 Å². The summed E-state index contributed by atoms with van der Waals surface area (Å²) in [7, 11) is 0. The fourth-order valence-corrected chi connectivity index (χ4v) is 1.39. The van der Waals surface area contributed by atoms with E-state index in [1.54, 1.807) is 0 Å². The van der Waals surface area contributed by atoms with Gasteiger partial charge < -0.3 is 4.40 Å². The van der Waals surface area contributed by atoms with E-state index < -0.39 is 0 Å². The predicted molar refractivity (Wildman–Crippen MR) is 44.7 cm³/mol. The molecule has 0 N–H and O–H groups in total. The Hall–Kier alpha value is -1.31. The molecule has 2 aromatic heterocycles. The van der Waals surface area contributed by atoms with Crippen molar-refractivity contribution in [3.05, 3.63) is 35.9 Å². The first-order valence-electron chi connectivity index (χ1n) is 3.66. The summed E-state index contributed by atoms with van der Waals surface area (Å²) >= 11 is 0. The van der Waals surface area contributed by atoms with Crippen LogP contribution in [0.4, 0.5) is 0 Å². The van der Waals surface area contributed by atoms with Crippen LogP contribution in [0.5, 0.6) is 0 Å². The Kier molecular flexibility index (Phi) is 1.22. The third kappa shape index (κ3) is 0.909. The Morgan fingerprint density at radius 2 is 2.18 bits per heavy atom. The van der Waals surface area contributed by atoms with Crippen molar-refractivity contribution in [3.63, 3.8) is 0 Å². The normalized spacial score (nSPS) is 10.7. The summed E-state index contributed by atoms with van der Waals surface area (Å²) in [4.78, 5) is 4.07. The number of hydrogen-bond donors (Lipinski definition) is 0. The minimum atomic E-state index is 1.19. The van der Waals surface area contributed by atoms with Gasteiger partial charge in [-0.05, 0) is 25.0 Å². The van der Waals surface area contributed by atoms with Crippen LogP contribution in [0.3, 0.4) is 0 Å². The molecule has 0 saturated heterocycles. The molecule has 0 unspecified atom stereocenters. The first-order valence-corrected chi connectivity index (χ1v) is 3.66. The van der Waals surface area contributed by atoms with Crippen molar-refractivity contribution in [2.75, 3.05) is 0 Å². The lowest BCUT2D eigenvalue weighted by Gasteiger charge is -1.99. The largest absolute Gasteiger partial charge is 0.306 e. The van der Waals surface area contributed by atoms with Gasteiger partial charge >= 0.3 is 0 Å². The maximum absolute atomic E-state index is 4.07. The number of fused-ring (bicyclic) bond motifs is 1. The molecule has 56 valence electrons. The van der Waals surface area contributed by atoms with Gasteiger partial charge in [-0.3, -0.25) is 0 Å². The Bertz CT molecular complexity index is 387. The summed E-state index contributed by atoms with van der Waals surface area (Å²) in [5.74, 6) is 0. The van der Waals surface area contributed by atoms with Gasteiger partial charge in [-0.1, -0.05) is 6.07 Å². The molecule has 0 aliphatic carbocycles. The quantitative estimate of drug-likeness (QED) is 0.555. The number of aryl methyl sites for hydroxylation is 2. The zero-order valence-electron chi connectivity index (χ0n) is 6.70. The van der Waals surface area contributed by atoms with E-state index in [9.17, 15) is 0 Å². The monoisotopic (exact) mass is 146 g/mol. The third-order valence-corrected chi connectivity index (χ3v) is 1.86. The maximum atomic E-state index is 4.07. The highest BCUT2D eigenvalue weighted by molar-refractivity contribution is 5.53. The molecule has 2 heterocycles. The standard InChI is InChI=1S/C9H10N2/c1-7-3-8(2)9-4-10-6-11(9)5-7/h3-6H,1-2H3. The van der Waals surface area contributed by atoms with E-state index in [0.29, 0.717) is 0 Å². The molecular formula is C9H10N2. The highest BCUT2D eigenvalue weighted by Gasteiger charge is 1.96. The second-order valence-electron chi connectivity index (χ2n) is 2.89. The number of aromatic nitrogens is 2. The van der Waals surface area contributed by atoms with Crippen LogP contribution >= 0.6 is 0 Å². The van der Waals surface area contributed by atoms with E-state index >= 15 is 0 Å². The molecule has 0 amide bonds. The lowest BCUT2D eigenvalue weighted by Crippen LogP contribution is -1.86. The Morgan fingerprint density at radius 1 is 1.36 bits per heavy atom. The van der Waals surface area contributed by atoms with Gasteiger partial charge in [-0.25, -0.2) is 4.98 Å². The molecule has 2 aromatic rings. The molecule has 0 aromatic carbocycles. The second-order valence-corrected chi connectivity index (χ2v) is 2.89. The number of nitrogens with zero attached hydrogens (tertiary/aromatic N) is 2. The number of imidazole rings is 1. The zero-order chi connectivity index (χ0) is 7.84. The fourth-order valence-electron chi connectivity index (χ4n) is 1.39. The van der Waals surface area contributed by atoms with Crippen LogP contribution in [0.25, 0.3) is 5.52 Å². The lowest BCUT2D eigenvalue weighted by molar-refractivity contribution is 1.12. The number of hydrogen-bond acceptors (Lipinski definition) is 1. The summed E-state index contributed by atoms with van der Waals surface area (Å²) in [6.45, 7) is 4.19. The first-order chi connectivity index (χ1) is 5.27. The van der Waals surface area contributed by atoms with Gasteiger partial charge in [0.1, 0.15) is 0 Å². The van der Waals surface area contributed by atoms with E-state index in [1.165, 1.54) is 16.6 Å². The van der Waals surface area contributed by atoms with Crippen molar-refractivity contribution in [1.29, 1.82) is 0 Å². The molecule has 0 bridgehead atoms. The molecule has 0 atom stereocenters. The highest BCUT2D eigenvalue weighted by Crippen LogP contribution is 2.10. The Labute approximate surface area is 65.5 Å². The molecule has 0 aliphatic heterocycles. The van der Waals surface area contributed by atoms with Crippen molar-refractivity contribution < 1.29 is 0 Å². The molecule has 11 heavy (non-hydrogen) atoms. The number of rotatable bonds is 0. The summed E-state index contributed by atoms with van der Waals surface area (Å²) in [5.41, 5.74) is 3.74. The van der Waals surface area contributed by atoms with Crippen molar-refractivity contribution in [2.24, 2.45) is 0 Å². The van der Waals surface area contributed by atoms with Crippen LogP contribution in [0.1, 0.15) is 11.1 Å². The molecule has 0 saturated carbocycles. The second kappa shape index (κ2) is 2.09. The molecule has 2 rings (SSSR count). The minimum Gasteiger partial charge on any atom is -0.306 e. The van der Waals surface area contributed by atoms with Crippen LogP contribution in [0, 0.1) is 13.8 Å². The lowest BCUT2D eigenvalue weighted by atomic mass is 10.2. The minimum absolute atomic E-state index is 1.19. The Balaban J connectivity index is 2.91. The van der Waals surface area contributed by atoms with Gasteiger partial charge in [0.15, 0.2) is 0 Å². The first kappa shape index (κ1) is 6.40. The van der Waals surface area contributed by atoms with E-state index in [-0.39, 0.29) is 0 Å². The summed E-state index contributed by atoms with van der Waals surface area (Å²) in [6, 6.07) is 2.16. The predicted octanol–water partition coefficient (Wildman–Crippen LogP) is 1.95. The van der Waals surface area contributed by atoms with Crippen molar-refractivity contribution in [1.82, 2.24) is 9.38 Å². The average Bonchev–Trinajstić information content (AvgIpc) is 2.34. The third-order valence-electron chi connectivity index (χ3n) is 1.86. The van der Waals surface area contributed by atoms with E-state index in [1.807, 2.05) is 16.9 Å². The van der Waals surface area contributed by atoms with Crippen LogP contribution in [0.2, 0.25) is 0 Å². The van der Waals surface area contributed by atoms with Gasteiger partial charge in [0.2, 0.25) is 0 Å². The smallest absolute Gasteiger partial charge is 0.0992 e. The van der Waals surface area contributed by atoms with Crippen molar-refractivity contribution >= 4 is 5.52 Å². The van der Waals surface area contributed by atoms with Crippen molar-refractivity contribution in [2.45, 2.75) is 13.8 Å². The van der Waals surface area contributed by atoms with Gasteiger partial charge in [0.25, 0.3) is 0 Å². The molecule has 2 nitrogen and oxygen atoms in total. The van der Waals surface area contributed by atoms with Crippen LogP contribution in [-0.4, -0.2) is 9.38 Å². The molecule has 0 aliphatic rings. The van der Waals surface area contributed by atoms with Crippen LogP contribution in [0.15, 0.2) is 24.8 Å². The van der Waals surface area contributed by atoms with E-state index in [0.717, 1.165) is 0 Å². The molecule has 0 spiro atoms. The average molecular weight is 146 g/mol. The SMILES string of the molecule is Cc1cc(C)c2cncn2c1. The molecule has 0 fully saturated rings. The van der Waals surface area contributed by atoms with Crippen molar-refractivity contribution in [3.8, 4) is 0 Å². The fraction of sp³-hybridized carbons (Fsp3) is 0.222. The zero-order valence-corrected chi connectivity index (χ0v) is 6.70. The van der Waals surface area contributed by atoms with Gasteiger partial charge in [0.05, 0.1) is 18.0 Å². The topological polar surface area (TPSA) is 17.3 Å². The van der Waals surface area contributed by atoms with Crippen LogP contribution < -0.4 is 0 Å². The Morgan fingerprint density at radius 3 is 3.00 bits per heavy atom. The van der Waals surface area contributed by atoms with Gasteiger partial charge in [-0.15, -0.1) is 0 Å². The summed E-state index contributed by atoms with van der Waals surface area (Å²) in [6.07, 6.45) is 5.79. The molecule has 2 heteroatoms. The van der Waals surface area contributed by atoms with Gasteiger partial charge in [-0.2, -0.15) is 0 Å². The summed E-state index contributed by atoms with van der Waals surface area (Å²) in [5, 5.41) is 0.